The van der Waals surface area contributed by atoms with E-state index in [-0.39, 0.29) is 5.92 Å². The molecule has 3 aromatic heterocycles. The Balaban J connectivity index is 1.80. The van der Waals surface area contributed by atoms with E-state index in [1.807, 2.05) is 30.4 Å². The highest BCUT2D eigenvalue weighted by atomic mass is 19.4. The van der Waals surface area contributed by atoms with Crippen LogP contribution < -0.4 is 15.4 Å². The minimum atomic E-state index is -4.48. The summed E-state index contributed by atoms with van der Waals surface area (Å²) in [6, 6.07) is 2.83. The van der Waals surface area contributed by atoms with Gasteiger partial charge in [0.1, 0.15) is 30.6 Å². The van der Waals surface area contributed by atoms with Crippen molar-refractivity contribution in [1.82, 2.24) is 25.2 Å². The maximum absolute atomic E-state index is 12.5. The van der Waals surface area contributed by atoms with Gasteiger partial charge in [0.25, 0.3) is 0 Å². The van der Waals surface area contributed by atoms with E-state index < -0.39 is 24.7 Å². The molecular formula is C23H29F3N6O2. The van der Waals surface area contributed by atoms with E-state index in [4.69, 9.17) is 4.74 Å². The molecule has 0 bridgehead atoms. The summed E-state index contributed by atoms with van der Waals surface area (Å²) in [5.74, 6) is -0.344. The van der Waals surface area contributed by atoms with E-state index in [1.165, 1.54) is 6.20 Å². The molecule has 3 aromatic rings. The summed E-state index contributed by atoms with van der Waals surface area (Å²) in [5, 5.41) is 5.80. The van der Waals surface area contributed by atoms with Gasteiger partial charge in [0.05, 0.1) is 11.9 Å². The Kier molecular flexibility index (Phi) is 7.98. The zero-order valence-electron chi connectivity index (χ0n) is 19.5. The maximum atomic E-state index is 12.5. The van der Waals surface area contributed by atoms with Gasteiger partial charge in [-0.2, -0.15) is 13.2 Å². The Labute approximate surface area is 195 Å². The summed E-state index contributed by atoms with van der Waals surface area (Å²) in [5.41, 5.74) is 2.78. The smallest absolute Gasteiger partial charge is 0.405 e. The second kappa shape index (κ2) is 10.7. The Morgan fingerprint density at radius 2 is 1.97 bits per heavy atom. The largest absolute Gasteiger partial charge is 0.491 e. The number of amides is 1. The first-order valence-electron chi connectivity index (χ1n) is 10.8. The van der Waals surface area contributed by atoms with Crippen LogP contribution >= 0.6 is 0 Å². The fourth-order valence-corrected chi connectivity index (χ4v) is 3.33. The Morgan fingerprint density at radius 3 is 2.65 bits per heavy atom. The molecule has 0 aliphatic heterocycles. The number of carbonyl (C=O) groups is 1. The molecule has 1 amide bonds. The first-order valence-corrected chi connectivity index (χ1v) is 10.8. The number of hydrogen-bond donors (Lipinski definition) is 3. The van der Waals surface area contributed by atoms with Crippen LogP contribution in [-0.4, -0.2) is 71.8 Å². The second-order valence-electron chi connectivity index (χ2n) is 8.58. The van der Waals surface area contributed by atoms with Crippen LogP contribution in [0.4, 0.5) is 18.9 Å². The van der Waals surface area contributed by atoms with Crippen LogP contribution in [0.2, 0.25) is 0 Å². The fraction of sp³-hybridized carbons (Fsp3) is 0.435. The number of alkyl halides is 3. The molecule has 3 heterocycles. The summed E-state index contributed by atoms with van der Waals surface area (Å²) in [6.45, 7) is 3.42. The van der Waals surface area contributed by atoms with Gasteiger partial charge in [0, 0.05) is 41.6 Å². The van der Waals surface area contributed by atoms with Crippen LogP contribution in [0, 0.1) is 5.92 Å². The van der Waals surface area contributed by atoms with Crippen LogP contribution in [0.3, 0.4) is 0 Å². The molecule has 0 saturated carbocycles. The minimum absolute atomic E-state index is 0.254. The van der Waals surface area contributed by atoms with Crippen molar-refractivity contribution in [3.8, 4) is 16.9 Å². The average molecular weight is 479 g/mol. The van der Waals surface area contributed by atoms with Crippen LogP contribution in [0.5, 0.6) is 5.75 Å². The van der Waals surface area contributed by atoms with Crippen LogP contribution in [0.25, 0.3) is 22.2 Å². The quantitative estimate of drug-likeness (QED) is 0.412. The van der Waals surface area contributed by atoms with Gasteiger partial charge >= 0.3 is 6.18 Å². The summed E-state index contributed by atoms with van der Waals surface area (Å²) in [7, 11) is 3.93. The molecule has 1 unspecified atom stereocenters. The zero-order valence-corrected chi connectivity index (χ0v) is 19.5. The lowest BCUT2D eigenvalue weighted by molar-refractivity contribution is -0.139. The van der Waals surface area contributed by atoms with Gasteiger partial charge in [-0.1, -0.05) is 13.8 Å². The van der Waals surface area contributed by atoms with Gasteiger partial charge in [0.2, 0.25) is 5.91 Å². The summed E-state index contributed by atoms with van der Waals surface area (Å²) >= 11 is 0. The molecule has 0 radical (unpaired) electrons. The van der Waals surface area contributed by atoms with Crippen molar-refractivity contribution >= 4 is 22.6 Å². The van der Waals surface area contributed by atoms with Gasteiger partial charge in [-0.05, 0) is 32.1 Å². The number of anilines is 1. The molecule has 1 atom stereocenters. The molecule has 0 aromatic carbocycles. The second-order valence-corrected chi connectivity index (χ2v) is 8.58. The van der Waals surface area contributed by atoms with Gasteiger partial charge in [-0.3, -0.25) is 9.78 Å². The van der Waals surface area contributed by atoms with E-state index in [0.29, 0.717) is 23.7 Å². The number of aromatic nitrogens is 3. The predicted molar refractivity (Wildman–Crippen MR) is 125 cm³/mol. The number of fused-ring (bicyclic) bond motifs is 1. The molecule has 0 saturated heterocycles. The molecule has 0 spiro atoms. The van der Waals surface area contributed by atoms with Crippen molar-refractivity contribution in [1.29, 1.82) is 0 Å². The standard InChI is InChI=1S/C23H29F3N6O2/c1-14(2)20(22(33)30-13-23(24,25)26)31-16-7-15(9-27-10-16)19-12-29-21-18(19)8-17(11-28-21)34-6-5-32(3)4/h7-12,14,20,31H,5-6,13H2,1-4H3,(H,28,29)(H,30,33). The van der Waals surface area contributed by atoms with Crippen LogP contribution in [0.15, 0.2) is 36.9 Å². The molecular weight excluding hydrogens is 449 g/mol. The first-order chi connectivity index (χ1) is 16.0. The number of likely N-dealkylation sites (N-methyl/N-ethyl adjacent to an activating group) is 1. The lowest BCUT2D eigenvalue weighted by Crippen LogP contribution is -2.46. The molecule has 11 heteroatoms. The number of nitrogens with zero attached hydrogens (tertiary/aromatic N) is 3. The van der Waals surface area contributed by atoms with E-state index in [1.54, 1.807) is 38.5 Å². The minimum Gasteiger partial charge on any atom is -0.491 e. The number of nitrogens with one attached hydrogen (secondary N) is 3. The van der Waals surface area contributed by atoms with E-state index >= 15 is 0 Å². The van der Waals surface area contributed by atoms with Crippen molar-refractivity contribution in [3.63, 3.8) is 0 Å². The molecule has 184 valence electrons. The third-order valence-electron chi connectivity index (χ3n) is 5.10. The van der Waals surface area contributed by atoms with Gasteiger partial charge in [-0.25, -0.2) is 4.98 Å². The van der Waals surface area contributed by atoms with Crippen molar-refractivity contribution < 1.29 is 22.7 Å². The maximum Gasteiger partial charge on any atom is 0.405 e. The van der Waals surface area contributed by atoms with E-state index in [0.717, 1.165) is 23.1 Å². The van der Waals surface area contributed by atoms with Crippen molar-refractivity contribution in [2.45, 2.75) is 26.1 Å². The van der Waals surface area contributed by atoms with Gasteiger partial charge in [0.15, 0.2) is 0 Å². The van der Waals surface area contributed by atoms with Crippen LogP contribution in [0.1, 0.15) is 13.8 Å². The lowest BCUT2D eigenvalue weighted by atomic mass is 10.0. The van der Waals surface area contributed by atoms with Gasteiger partial charge in [-0.15, -0.1) is 0 Å². The van der Waals surface area contributed by atoms with Crippen molar-refractivity contribution in [3.05, 3.63) is 36.9 Å². The van der Waals surface area contributed by atoms with E-state index in [9.17, 15) is 18.0 Å². The SMILES string of the molecule is CC(C)C(Nc1cncc(-c2c[nH]c3ncc(OCCN(C)C)cc23)c1)C(=O)NCC(F)(F)F. The Morgan fingerprint density at radius 1 is 1.21 bits per heavy atom. The molecule has 0 aliphatic rings. The topological polar surface area (TPSA) is 95.2 Å². The number of hydrogen-bond acceptors (Lipinski definition) is 6. The third-order valence-corrected chi connectivity index (χ3v) is 5.10. The van der Waals surface area contributed by atoms with Crippen LogP contribution in [-0.2, 0) is 4.79 Å². The number of carbonyl (C=O) groups excluding carboxylic acids is 1. The Bertz CT molecular complexity index is 1110. The monoisotopic (exact) mass is 478 g/mol. The third kappa shape index (κ3) is 6.83. The average Bonchev–Trinajstić information content (AvgIpc) is 3.18. The highest BCUT2D eigenvalue weighted by Crippen LogP contribution is 2.31. The normalized spacial score (nSPS) is 12.9. The number of halogens is 3. The summed E-state index contributed by atoms with van der Waals surface area (Å²) < 4.78 is 43.3. The highest BCUT2D eigenvalue weighted by molar-refractivity contribution is 5.94. The summed E-state index contributed by atoms with van der Waals surface area (Å²) in [4.78, 5) is 26.2. The molecule has 0 fully saturated rings. The molecule has 0 aliphatic carbocycles. The number of H-pyrrole nitrogens is 1. The number of ether oxygens (including phenoxy) is 1. The Hall–Kier alpha value is -3.34. The predicted octanol–water partition coefficient (Wildman–Crippen LogP) is 3.68. The highest BCUT2D eigenvalue weighted by Gasteiger charge is 2.30. The summed E-state index contributed by atoms with van der Waals surface area (Å²) in [6.07, 6.45) is 2.18. The van der Waals surface area contributed by atoms with Crippen molar-refractivity contribution in [2.75, 3.05) is 39.1 Å². The fourth-order valence-electron chi connectivity index (χ4n) is 3.33. The molecule has 34 heavy (non-hydrogen) atoms. The first kappa shape index (κ1) is 25.3. The molecule has 8 nitrogen and oxygen atoms in total. The van der Waals surface area contributed by atoms with Gasteiger partial charge < -0.3 is 25.3 Å². The number of aromatic amines is 1. The lowest BCUT2D eigenvalue weighted by Gasteiger charge is -2.23. The zero-order chi connectivity index (χ0) is 24.9. The van der Waals surface area contributed by atoms with E-state index in [2.05, 4.69) is 20.3 Å². The molecule has 3 rings (SSSR count). The van der Waals surface area contributed by atoms with Crippen molar-refractivity contribution in [2.24, 2.45) is 5.92 Å². The molecule has 3 N–H and O–H groups in total. The number of pyridine rings is 2. The number of rotatable bonds is 10.